The van der Waals surface area contributed by atoms with E-state index in [9.17, 15) is 14.0 Å². The molecule has 0 aliphatic carbocycles. The minimum absolute atomic E-state index is 0.0111. The maximum atomic E-state index is 13.0. The molecule has 4 rings (SSSR count). The van der Waals surface area contributed by atoms with E-state index in [0.717, 1.165) is 5.56 Å². The smallest absolute Gasteiger partial charge is 0.277 e. The third kappa shape index (κ3) is 3.58. The normalized spacial score (nSPS) is 15.2. The second-order valence-electron chi connectivity index (χ2n) is 6.77. The molecule has 7 heteroatoms. The summed E-state index contributed by atoms with van der Waals surface area (Å²) in [6, 6.07) is 13.1. The van der Waals surface area contributed by atoms with E-state index in [4.69, 9.17) is 0 Å². The highest BCUT2D eigenvalue weighted by molar-refractivity contribution is 5.79. The number of carbonyl (C=O) groups excluding carboxylic acids is 1. The molecule has 0 unspecified atom stereocenters. The lowest BCUT2D eigenvalue weighted by molar-refractivity contribution is -0.131. The molecule has 2 aromatic carbocycles. The Hall–Kier alpha value is -3.09. The zero-order valence-corrected chi connectivity index (χ0v) is 14.7. The van der Waals surface area contributed by atoms with Crippen molar-refractivity contribution in [3.05, 3.63) is 70.3 Å². The second-order valence-corrected chi connectivity index (χ2v) is 6.77. The number of amides is 1. The Kier molecular flexibility index (Phi) is 4.66. The SMILES string of the molecule is O=C(Cc1ccc(F)cc1)N1CCC(n2nnc3ccccc3c2=O)CC1. The second kappa shape index (κ2) is 7.26. The number of fused-ring (bicyclic) bond motifs is 1. The lowest BCUT2D eigenvalue weighted by Gasteiger charge is -2.32. The van der Waals surface area contributed by atoms with Crippen LogP contribution in [-0.4, -0.2) is 38.9 Å². The number of rotatable bonds is 3. The van der Waals surface area contributed by atoms with Crippen LogP contribution in [0.3, 0.4) is 0 Å². The Bertz CT molecular complexity index is 1020. The molecule has 1 aliphatic rings. The predicted octanol–water partition coefficient (Wildman–Crippen LogP) is 2.34. The zero-order chi connectivity index (χ0) is 18.8. The molecular formula is C20H19FN4O2. The number of likely N-dealkylation sites (tertiary alicyclic amines) is 1. The van der Waals surface area contributed by atoms with Gasteiger partial charge in [0, 0.05) is 13.1 Å². The average molecular weight is 366 g/mol. The highest BCUT2D eigenvalue weighted by Crippen LogP contribution is 2.21. The predicted molar refractivity (Wildman–Crippen MR) is 98.8 cm³/mol. The number of nitrogens with zero attached hydrogens (tertiary/aromatic N) is 4. The topological polar surface area (TPSA) is 68.1 Å². The van der Waals surface area contributed by atoms with Gasteiger partial charge in [0.15, 0.2) is 0 Å². The summed E-state index contributed by atoms with van der Waals surface area (Å²) >= 11 is 0. The van der Waals surface area contributed by atoms with Gasteiger partial charge in [0.1, 0.15) is 11.3 Å². The quantitative estimate of drug-likeness (QED) is 0.714. The fraction of sp³-hybridized carbons (Fsp3) is 0.300. The summed E-state index contributed by atoms with van der Waals surface area (Å²) in [5.74, 6) is -0.300. The van der Waals surface area contributed by atoms with Gasteiger partial charge in [-0.25, -0.2) is 9.07 Å². The highest BCUT2D eigenvalue weighted by Gasteiger charge is 2.25. The first-order chi connectivity index (χ1) is 13.1. The first-order valence-corrected chi connectivity index (χ1v) is 8.98. The van der Waals surface area contributed by atoms with Crippen molar-refractivity contribution in [1.29, 1.82) is 0 Å². The third-order valence-corrected chi connectivity index (χ3v) is 5.02. The van der Waals surface area contributed by atoms with Crippen LogP contribution in [0.1, 0.15) is 24.4 Å². The minimum atomic E-state index is -0.311. The van der Waals surface area contributed by atoms with Crippen LogP contribution in [0.5, 0.6) is 0 Å². The molecule has 0 atom stereocenters. The Morgan fingerprint density at radius 1 is 1.07 bits per heavy atom. The number of hydrogen-bond donors (Lipinski definition) is 0. The van der Waals surface area contributed by atoms with Crippen LogP contribution >= 0.6 is 0 Å². The molecule has 1 amide bonds. The fourth-order valence-corrected chi connectivity index (χ4v) is 3.49. The van der Waals surface area contributed by atoms with Gasteiger partial charge in [-0.2, -0.15) is 0 Å². The molecule has 138 valence electrons. The zero-order valence-electron chi connectivity index (χ0n) is 14.7. The summed E-state index contributed by atoms with van der Waals surface area (Å²) in [6.07, 6.45) is 1.56. The molecule has 1 aromatic heterocycles. The molecule has 0 N–H and O–H groups in total. The van der Waals surface area contributed by atoms with Crippen LogP contribution in [-0.2, 0) is 11.2 Å². The molecule has 0 radical (unpaired) electrons. The number of hydrogen-bond acceptors (Lipinski definition) is 4. The Labute approximate surface area is 155 Å². The fourth-order valence-electron chi connectivity index (χ4n) is 3.49. The lowest BCUT2D eigenvalue weighted by atomic mass is 10.0. The highest BCUT2D eigenvalue weighted by atomic mass is 19.1. The van der Waals surface area contributed by atoms with E-state index in [-0.39, 0.29) is 29.7 Å². The first kappa shape index (κ1) is 17.3. The van der Waals surface area contributed by atoms with E-state index >= 15 is 0 Å². The van der Waals surface area contributed by atoms with Crippen molar-refractivity contribution in [3.63, 3.8) is 0 Å². The van der Waals surface area contributed by atoms with Crippen LogP contribution in [0.15, 0.2) is 53.3 Å². The average Bonchev–Trinajstić information content (AvgIpc) is 2.70. The van der Waals surface area contributed by atoms with Gasteiger partial charge in [0.2, 0.25) is 5.91 Å². The van der Waals surface area contributed by atoms with Gasteiger partial charge in [-0.1, -0.05) is 29.5 Å². The van der Waals surface area contributed by atoms with E-state index in [1.807, 2.05) is 12.1 Å². The summed E-state index contributed by atoms with van der Waals surface area (Å²) < 4.78 is 14.4. The van der Waals surface area contributed by atoms with E-state index < -0.39 is 0 Å². The molecule has 3 aromatic rings. The summed E-state index contributed by atoms with van der Waals surface area (Å²) in [7, 11) is 0. The Morgan fingerprint density at radius 2 is 1.78 bits per heavy atom. The monoisotopic (exact) mass is 366 g/mol. The maximum absolute atomic E-state index is 13.0. The van der Waals surface area contributed by atoms with Crippen molar-refractivity contribution in [1.82, 2.24) is 19.9 Å². The summed E-state index contributed by atoms with van der Waals surface area (Å²) in [5, 5.41) is 8.78. The maximum Gasteiger partial charge on any atom is 0.277 e. The van der Waals surface area contributed by atoms with Gasteiger partial charge >= 0.3 is 0 Å². The largest absolute Gasteiger partial charge is 0.342 e. The van der Waals surface area contributed by atoms with E-state index in [0.29, 0.717) is 36.8 Å². The molecule has 0 spiro atoms. The van der Waals surface area contributed by atoms with Gasteiger partial charge in [-0.05, 0) is 42.7 Å². The first-order valence-electron chi connectivity index (χ1n) is 8.98. The van der Waals surface area contributed by atoms with E-state index in [2.05, 4.69) is 10.3 Å². The molecule has 6 nitrogen and oxygen atoms in total. The molecular weight excluding hydrogens is 347 g/mol. The van der Waals surface area contributed by atoms with E-state index in [1.54, 1.807) is 29.2 Å². The van der Waals surface area contributed by atoms with Gasteiger partial charge in [-0.15, -0.1) is 5.10 Å². The summed E-state index contributed by atoms with van der Waals surface area (Å²) in [4.78, 5) is 26.9. The van der Waals surface area contributed by atoms with Crippen LogP contribution in [0, 0.1) is 5.82 Å². The van der Waals surface area contributed by atoms with Crippen molar-refractivity contribution in [2.75, 3.05) is 13.1 Å². The van der Waals surface area contributed by atoms with Crippen LogP contribution < -0.4 is 5.56 Å². The number of carbonyl (C=O) groups is 1. The molecule has 1 aliphatic heterocycles. The van der Waals surface area contributed by atoms with E-state index in [1.165, 1.54) is 16.8 Å². The Balaban J connectivity index is 1.43. The van der Waals surface area contributed by atoms with Crippen LogP contribution in [0.25, 0.3) is 10.9 Å². The van der Waals surface area contributed by atoms with Crippen LogP contribution in [0.4, 0.5) is 4.39 Å². The van der Waals surface area contributed by atoms with Crippen molar-refractivity contribution in [2.24, 2.45) is 0 Å². The van der Waals surface area contributed by atoms with Crippen molar-refractivity contribution in [3.8, 4) is 0 Å². The van der Waals surface area contributed by atoms with Crippen molar-refractivity contribution >= 4 is 16.8 Å². The van der Waals surface area contributed by atoms with Gasteiger partial charge < -0.3 is 4.90 Å². The Morgan fingerprint density at radius 3 is 2.52 bits per heavy atom. The molecule has 2 heterocycles. The molecule has 27 heavy (non-hydrogen) atoms. The molecule has 0 bridgehead atoms. The third-order valence-electron chi connectivity index (χ3n) is 5.02. The van der Waals surface area contributed by atoms with Gasteiger partial charge in [-0.3, -0.25) is 9.59 Å². The molecule has 0 saturated carbocycles. The van der Waals surface area contributed by atoms with Crippen molar-refractivity contribution < 1.29 is 9.18 Å². The standard InChI is InChI=1S/C20H19FN4O2/c21-15-7-5-14(6-8-15)13-19(26)24-11-9-16(10-12-24)25-20(27)17-3-1-2-4-18(17)22-23-25/h1-8,16H,9-13H2. The molecule has 1 fully saturated rings. The lowest BCUT2D eigenvalue weighted by Crippen LogP contribution is -2.42. The van der Waals surface area contributed by atoms with Crippen molar-refractivity contribution in [2.45, 2.75) is 25.3 Å². The number of halogens is 1. The van der Waals surface area contributed by atoms with Gasteiger partial charge in [0.05, 0.1) is 17.8 Å². The van der Waals surface area contributed by atoms with Crippen LogP contribution in [0.2, 0.25) is 0 Å². The number of aromatic nitrogens is 3. The summed E-state index contributed by atoms with van der Waals surface area (Å²) in [6.45, 7) is 1.12. The number of benzene rings is 2. The minimum Gasteiger partial charge on any atom is -0.342 e. The number of piperidine rings is 1. The summed E-state index contributed by atoms with van der Waals surface area (Å²) in [5.41, 5.74) is 1.24. The molecule has 1 saturated heterocycles. The van der Waals surface area contributed by atoms with Gasteiger partial charge in [0.25, 0.3) is 5.56 Å².